The molecular formula is C11H18N+. The van der Waals surface area contributed by atoms with Gasteiger partial charge in [-0.25, -0.2) is 4.57 Å². The fourth-order valence-corrected chi connectivity index (χ4v) is 1.37. The summed E-state index contributed by atoms with van der Waals surface area (Å²) in [6.45, 7) is 6.79. The molecule has 0 atom stereocenters. The zero-order chi connectivity index (χ0) is 9.19. The van der Waals surface area contributed by atoms with Crippen molar-refractivity contribution in [2.75, 3.05) is 0 Å². The van der Waals surface area contributed by atoms with Gasteiger partial charge in [0, 0.05) is 11.6 Å². The first kappa shape index (κ1) is 9.24. The van der Waals surface area contributed by atoms with Gasteiger partial charge in [0.05, 0.1) is 0 Å². The molecule has 1 nitrogen and oxygen atoms in total. The summed E-state index contributed by atoms with van der Waals surface area (Å²) >= 11 is 0. The van der Waals surface area contributed by atoms with Crippen molar-refractivity contribution >= 4 is 0 Å². The average Bonchev–Trinajstić information content (AvgIpc) is 1.82. The summed E-state index contributed by atoms with van der Waals surface area (Å²) in [5.74, 6) is 0. The first-order valence-corrected chi connectivity index (χ1v) is 4.41. The van der Waals surface area contributed by atoms with Crippen LogP contribution in [-0.4, -0.2) is 0 Å². The van der Waals surface area contributed by atoms with Gasteiger partial charge in [-0.3, -0.25) is 0 Å². The van der Waals surface area contributed by atoms with Crippen LogP contribution in [0.15, 0.2) is 24.5 Å². The molecule has 12 heavy (non-hydrogen) atoms. The Hall–Kier alpha value is -0.850. The molecule has 0 saturated carbocycles. The number of aryl methyl sites for hydroxylation is 1. The van der Waals surface area contributed by atoms with Crippen LogP contribution in [0, 0.1) is 5.41 Å². The van der Waals surface area contributed by atoms with Crippen molar-refractivity contribution in [1.82, 2.24) is 0 Å². The molecule has 1 aromatic heterocycles. The van der Waals surface area contributed by atoms with E-state index in [0.717, 1.165) is 6.42 Å². The molecule has 0 aromatic carbocycles. The van der Waals surface area contributed by atoms with E-state index >= 15 is 0 Å². The lowest BCUT2D eigenvalue weighted by Crippen LogP contribution is -2.27. The average molecular weight is 164 g/mol. The molecule has 0 unspecified atom stereocenters. The Labute approximate surface area is 75.1 Å². The van der Waals surface area contributed by atoms with Crippen LogP contribution in [0.5, 0.6) is 0 Å². The molecule has 0 bridgehead atoms. The number of hydrogen-bond acceptors (Lipinski definition) is 0. The van der Waals surface area contributed by atoms with E-state index in [9.17, 15) is 0 Å². The molecular weight excluding hydrogens is 146 g/mol. The van der Waals surface area contributed by atoms with Gasteiger partial charge in [0.2, 0.25) is 0 Å². The second kappa shape index (κ2) is 3.26. The Balaban J connectivity index is 2.77. The topological polar surface area (TPSA) is 3.88 Å². The van der Waals surface area contributed by atoms with E-state index in [1.54, 1.807) is 0 Å². The van der Waals surface area contributed by atoms with Crippen LogP contribution in [0.4, 0.5) is 0 Å². The van der Waals surface area contributed by atoms with Gasteiger partial charge in [0.25, 0.3) is 0 Å². The maximum atomic E-state index is 2.26. The van der Waals surface area contributed by atoms with E-state index in [-0.39, 0.29) is 0 Å². The number of nitrogens with zero attached hydrogens (tertiary/aromatic N) is 1. The Morgan fingerprint density at radius 1 is 1.33 bits per heavy atom. The molecule has 1 rings (SSSR count). The summed E-state index contributed by atoms with van der Waals surface area (Å²) in [4.78, 5) is 0. The number of hydrogen-bond donors (Lipinski definition) is 0. The van der Waals surface area contributed by atoms with Crippen molar-refractivity contribution in [3.63, 3.8) is 0 Å². The number of aromatic nitrogens is 1. The van der Waals surface area contributed by atoms with E-state index < -0.39 is 0 Å². The molecule has 0 amide bonds. The maximum Gasteiger partial charge on any atom is 0.171 e. The molecule has 1 heterocycles. The fourth-order valence-electron chi connectivity index (χ4n) is 1.37. The van der Waals surface area contributed by atoms with Gasteiger partial charge in [-0.2, -0.15) is 0 Å². The smallest absolute Gasteiger partial charge is 0.171 e. The number of pyridine rings is 1. The largest absolute Gasteiger partial charge is 0.208 e. The Morgan fingerprint density at radius 3 is 2.50 bits per heavy atom. The van der Waals surface area contributed by atoms with Crippen molar-refractivity contribution in [2.45, 2.75) is 27.2 Å². The van der Waals surface area contributed by atoms with Crippen molar-refractivity contribution < 1.29 is 4.57 Å². The van der Waals surface area contributed by atoms with E-state index in [4.69, 9.17) is 0 Å². The first-order chi connectivity index (χ1) is 5.47. The van der Waals surface area contributed by atoms with Crippen LogP contribution in [0.25, 0.3) is 0 Å². The third-order valence-electron chi connectivity index (χ3n) is 1.74. The second-order valence-corrected chi connectivity index (χ2v) is 4.62. The zero-order valence-electron chi connectivity index (χ0n) is 8.46. The van der Waals surface area contributed by atoms with Crippen molar-refractivity contribution in [1.29, 1.82) is 0 Å². The van der Waals surface area contributed by atoms with E-state index in [1.165, 1.54) is 5.56 Å². The molecule has 0 aliphatic carbocycles. The third kappa shape index (κ3) is 3.04. The van der Waals surface area contributed by atoms with Gasteiger partial charge in [-0.15, -0.1) is 0 Å². The van der Waals surface area contributed by atoms with E-state index in [1.807, 2.05) is 0 Å². The molecule has 0 N–H and O–H groups in total. The van der Waals surface area contributed by atoms with Crippen LogP contribution in [0.3, 0.4) is 0 Å². The highest BCUT2D eigenvalue weighted by Crippen LogP contribution is 2.18. The fraction of sp³-hybridized carbons (Fsp3) is 0.545. The minimum Gasteiger partial charge on any atom is -0.208 e. The summed E-state index contributed by atoms with van der Waals surface area (Å²) in [6.07, 6.45) is 5.39. The molecule has 66 valence electrons. The summed E-state index contributed by atoms with van der Waals surface area (Å²) in [6, 6.07) is 4.28. The molecule has 1 heteroatoms. The highest BCUT2D eigenvalue weighted by molar-refractivity contribution is 5.07. The van der Waals surface area contributed by atoms with Crippen LogP contribution < -0.4 is 4.57 Å². The Kier molecular flexibility index (Phi) is 2.51. The standard InChI is InChI=1S/C11H18N/c1-11(2,3)8-10-6-5-7-12(4)9-10/h5-7,9H,8H2,1-4H3/q+1. The molecule has 0 aliphatic heterocycles. The van der Waals surface area contributed by atoms with Crippen LogP contribution in [0.2, 0.25) is 0 Å². The highest BCUT2D eigenvalue weighted by atomic mass is 14.9. The molecule has 0 fully saturated rings. The summed E-state index contributed by atoms with van der Waals surface area (Å²) < 4.78 is 2.10. The molecule has 0 radical (unpaired) electrons. The summed E-state index contributed by atoms with van der Waals surface area (Å²) in [7, 11) is 2.06. The number of rotatable bonds is 1. The summed E-state index contributed by atoms with van der Waals surface area (Å²) in [5, 5.41) is 0. The Morgan fingerprint density at radius 2 is 2.00 bits per heavy atom. The van der Waals surface area contributed by atoms with E-state index in [2.05, 4.69) is 56.9 Å². The lowest BCUT2D eigenvalue weighted by atomic mass is 9.89. The van der Waals surface area contributed by atoms with Crippen molar-refractivity contribution in [3.05, 3.63) is 30.1 Å². The van der Waals surface area contributed by atoms with Gasteiger partial charge >= 0.3 is 0 Å². The van der Waals surface area contributed by atoms with Gasteiger partial charge < -0.3 is 0 Å². The quantitative estimate of drug-likeness (QED) is 0.560. The predicted octanol–water partition coefficient (Wildman–Crippen LogP) is 2.10. The molecule has 1 aromatic rings. The van der Waals surface area contributed by atoms with Crippen LogP contribution in [-0.2, 0) is 13.5 Å². The lowest BCUT2D eigenvalue weighted by Gasteiger charge is -2.16. The predicted molar refractivity (Wildman–Crippen MR) is 50.8 cm³/mol. The van der Waals surface area contributed by atoms with Gasteiger partial charge in [0.1, 0.15) is 7.05 Å². The minimum atomic E-state index is 0.383. The SMILES string of the molecule is C[n+]1cccc(CC(C)(C)C)c1. The van der Waals surface area contributed by atoms with Crippen LogP contribution >= 0.6 is 0 Å². The van der Waals surface area contributed by atoms with Gasteiger partial charge in [0.15, 0.2) is 12.4 Å². The van der Waals surface area contributed by atoms with Crippen LogP contribution in [0.1, 0.15) is 26.3 Å². The van der Waals surface area contributed by atoms with Crippen molar-refractivity contribution in [2.24, 2.45) is 12.5 Å². The van der Waals surface area contributed by atoms with Crippen molar-refractivity contribution in [3.8, 4) is 0 Å². The molecule has 0 saturated heterocycles. The highest BCUT2D eigenvalue weighted by Gasteiger charge is 2.12. The normalized spacial score (nSPS) is 11.7. The van der Waals surface area contributed by atoms with E-state index in [0.29, 0.717) is 5.41 Å². The third-order valence-corrected chi connectivity index (χ3v) is 1.74. The van der Waals surface area contributed by atoms with Gasteiger partial charge in [-0.1, -0.05) is 20.8 Å². The van der Waals surface area contributed by atoms with Gasteiger partial charge in [-0.05, 0) is 17.9 Å². The molecule has 0 aliphatic rings. The molecule has 0 spiro atoms. The lowest BCUT2D eigenvalue weighted by molar-refractivity contribution is -0.672. The minimum absolute atomic E-state index is 0.383. The zero-order valence-corrected chi connectivity index (χ0v) is 8.46. The monoisotopic (exact) mass is 164 g/mol. The second-order valence-electron chi connectivity index (χ2n) is 4.62. The summed E-state index contributed by atoms with van der Waals surface area (Å²) in [5.41, 5.74) is 1.79. The Bertz CT molecular complexity index is 258. The maximum absolute atomic E-state index is 2.26. The first-order valence-electron chi connectivity index (χ1n) is 4.41.